The molecule has 0 bridgehead atoms. The summed E-state index contributed by atoms with van der Waals surface area (Å²) in [6, 6.07) is 7.28. The molecule has 0 heterocycles. The normalized spacial score (nSPS) is 9.42. The van der Waals surface area contributed by atoms with Crippen LogP contribution in [0, 0.1) is 6.92 Å². The maximum atomic E-state index is 10.3. The van der Waals surface area contributed by atoms with Gasteiger partial charge in [0.25, 0.3) is 0 Å². The van der Waals surface area contributed by atoms with Crippen molar-refractivity contribution in [2.24, 2.45) is 5.73 Å². The smallest absolute Gasteiger partial charge is 0.322 e. The molecule has 4 heteroatoms. The van der Waals surface area contributed by atoms with E-state index in [1.165, 1.54) is 11.9 Å². The van der Waals surface area contributed by atoms with Gasteiger partial charge in [0.15, 0.2) is 0 Å². The van der Waals surface area contributed by atoms with Gasteiger partial charge in [0, 0.05) is 4.90 Å². The molecule has 0 aromatic heterocycles. The predicted molar refractivity (Wildman–Crippen MR) is 49.8 cm³/mol. The summed E-state index contributed by atoms with van der Waals surface area (Å²) in [5.41, 5.74) is 6.07. The highest BCUT2D eigenvalue weighted by Gasteiger charge is 1.95. The molecule has 3 nitrogen and oxygen atoms in total. The van der Waals surface area contributed by atoms with Gasteiger partial charge in [-0.25, -0.2) is 4.79 Å². The topological polar surface area (TPSA) is 55.1 Å². The van der Waals surface area contributed by atoms with E-state index < -0.39 is 6.03 Å². The van der Waals surface area contributed by atoms with Gasteiger partial charge in [0.05, 0.1) is 0 Å². The zero-order chi connectivity index (χ0) is 8.97. The third-order valence-electron chi connectivity index (χ3n) is 1.26. The Hall–Kier alpha value is -1.16. The Bertz CT molecular complexity index is 288. The molecular weight excluding hydrogens is 172 g/mol. The van der Waals surface area contributed by atoms with Crippen molar-refractivity contribution in [2.45, 2.75) is 11.8 Å². The van der Waals surface area contributed by atoms with Crippen LogP contribution in [0.3, 0.4) is 0 Å². The Balaban J connectivity index is 2.57. The van der Waals surface area contributed by atoms with E-state index in [0.717, 1.165) is 10.5 Å². The van der Waals surface area contributed by atoms with Crippen molar-refractivity contribution in [2.75, 3.05) is 0 Å². The minimum absolute atomic E-state index is 0.526. The molecule has 0 spiro atoms. The second kappa shape index (κ2) is 4.01. The summed E-state index contributed by atoms with van der Waals surface area (Å²) in [6.45, 7) is 1.99. The van der Waals surface area contributed by atoms with Gasteiger partial charge in [-0.2, -0.15) is 0 Å². The fraction of sp³-hybridized carbons (Fsp3) is 0.125. The maximum Gasteiger partial charge on any atom is 0.322 e. The van der Waals surface area contributed by atoms with E-state index in [9.17, 15) is 4.79 Å². The van der Waals surface area contributed by atoms with Gasteiger partial charge in [0.1, 0.15) is 0 Å². The van der Waals surface area contributed by atoms with Gasteiger partial charge < -0.3 is 5.73 Å². The number of hydrogen-bond acceptors (Lipinski definition) is 2. The Kier molecular flexibility index (Phi) is 2.99. The SMILES string of the molecule is Cc1cccc(SNC(N)=O)c1. The van der Waals surface area contributed by atoms with Crippen LogP contribution in [0.15, 0.2) is 29.2 Å². The summed E-state index contributed by atoms with van der Waals surface area (Å²) in [7, 11) is 0. The van der Waals surface area contributed by atoms with Gasteiger partial charge in [-0.05, 0) is 36.6 Å². The first-order valence-corrected chi connectivity index (χ1v) is 4.29. The molecule has 0 unspecified atom stereocenters. The standard InChI is InChI=1S/C8H10N2OS/c1-6-3-2-4-7(5-6)12-10-8(9)11/h2-5H,1H3,(H3,9,10,11). The minimum Gasteiger partial charge on any atom is -0.351 e. The van der Waals surface area contributed by atoms with Gasteiger partial charge in [0.2, 0.25) is 0 Å². The molecule has 0 saturated heterocycles. The zero-order valence-corrected chi connectivity index (χ0v) is 7.52. The lowest BCUT2D eigenvalue weighted by atomic mass is 10.2. The number of carbonyl (C=O) groups is 1. The molecule has 0 radical (unpaired) electrons. The number of hydrogen-bond donors (Lipinski definition) is 2. The summed E-state index contributed by atoms with van der Waals surface area (Å²) < 4.78 is 2.44. The number of amides is 2. The summed E-state index contributed by atoms with van der Waals surface area (Å²) >= 11 is 1.22. The fourth-order valence-electron chi connectivity index (χ4n) is 0.788. The number of rotatable bonds is 2. The second-order valence-corrected chi connectivity index (χ2v) is 3.26. The lowest BCUT2D eigenvalue weighted by Crippen LogP contribution is -2.22. The molecule has 2 amide bonds. The Morgan fingerprint density at radius 3 is 2.92 bits per heavy atom. The van der Waals surface area contributed by atoms with Crippen molar-refractivity contribution < 1.29 is 4.79 Å². The molecule has 0 atom stereocenters. The molecule has 1 aromatic rings. The van der Waals surface area contributed by atoms with Crippen molar-refractivity contribution in [1.82, 2.24) is 4.72 Å². The van der Waals surface area contributed by atoms with E-state index in [2.05, 4.69) is 4.72 Å². The molecule has 1 aromatic carbocycles. The van der Waals surface area contributed by atoms with Gasteiger partial charge in [-0.1, -0.05) is 12.1 Å². The van der Waals surface area contributed by atoms with E-state index >= 15 is 0 Å². The molecule has 3 N–H and O–H groups in total. The number of urea groups is 1. The molecule has 0 aliphatic carbocycles. The van der Waals surface area contributed by atoms with Crippen LogP contribution >= 0.6 is 11.9 Å². The third-order valence-corrected chi connectivity index (χ3v) is 2.05. The monoisotopic (exact) mass is 182 g/mol. The van der Waals surface area contributed by atoms with Gasteiger partial charge in [-0.3, -0.25) is 4.72 Å². The van der Waals surface area contributed by atoms with Crippen molar-refractivity contribution in [3.05, 3.63) is 29.8 Å². The van der Waals surface area contributed by atoms with E-state index in [1.54, 1.807) is 0 Å². The average molecular weight is 182 g/mol. The van der Waals surface area contributed by atoms with E-state index in [1.807, 2.05) is 31.2 Å². The minimum atomic E-state index is -0.526. The Morgan fingerprint density at radius 2 is 2.33 bits per heavy atom. The number of benzene rings is 1. The number of carbonyl (C=O) groups excluding carboxylic acids is 1. The third kappa shape index (κ3) is 2.84. The molecule has 0 fully saturated rings. The van der Waals surface area contributed by atoms with Crippen molar-refractivity contribution in [3.8, 4) is 0 Å². The highest BCUT2D eigenvalue weighted by molar-refractivity contribution is 7.98. The summed E-state index contributed by atoms with van der Waals surface area (Å²) in [5, 5.41) is 0. The Labute approximate surface area is 75.5 Å². The van der Waals surface area contributed by atoms with Crippen molar-refractivity contribution in [1.29, 1.82) is 0 Å². The molecular formula is C8H10N2OS. The highest BCUT2D eigenvalue weighted by Crippen LogP contribution is 2.14. The largest absolute Gasteiger partial charge is 0.351 e. The average Bonchev–Trinajstić information content (AvgIpc) is 2.01. The van der Waals surface area contributed by atoms with Crippen LogP contribution in [-0.4, -0.2) is 6.03 Å². The molecule has 12 heavy (non-hydrogen) atoms. The van der Waals surface area contributed by atoms with Gasteiger partial charge in [-0.15, -0.1) is 0 Å². The number of primary amides is 1. The van der Waals surface area contributed by atoms with Crippen LogP contribution in [0.4, 0.5) is 4.79 Å². The molecule has 0 aliphatic heterocycles. The Morgan fingerprint density at radius 1 is 1.58 bits per heavy atom. The molecule has 0 saturated carbocycles. The van der Waals surface area contributed by atoms with Crippen LogP contribution in [0.25, 0.3) is 0 Å². The fourth-order valence-corrected chi connectivity index (χ4v) is 1.40. The summed E-state index contributed by atoms with van der Waals surface area (Å²) in [4.78, 5) is 11.3. The van der Waals surface area contributed by atoms with Crippen LogP contribution in [0.2, 0.25) is 0 Å². The first-order valence-electron chi connectivity index (χ1n) is 3.47. The molecule has 1 rings (SSSR count). The number of aryl methyl sites for hydroxylation is 1. The van der Waals surface area contributed by atoms with Crippen LogP contribution in [-0.2, 0) is 0 Å². The molecule has 0 aliphatic rings. The van der Waals surface area contributed by atoms with Crippen LogP contribution < -0.4 is 10.5 Å². The van der Waals surface area contributed by atoms with Crippen LogP contribution in [0.1, 0.15) is 5.56 Å². The number of nitrogens with two attached hydrogens (primary N) is 1. The second-order valence-electron chi connectivity index (χ2n) is 2.38. The summed E-state index contributed by atoms with van der Waals surface area (Å²) in [5.74, 6) is 0. The molecule has 64 valence electrons. The lowest BCUT2D eigenvalue weighted by molar-refractivity contribution is 0.254. The predicted octanol–water partition coefficient (Wildman–Crippen LogP) is 1.67. The van der Waals surface area contributed by atoms with Gasteiger partial charge >= 0.3 is 6.03 Å². The first-order chi connectivity index (χ1) is 5.68. The highest BCUT2D eigenvalue weighted by atomic mass is 32.2. The quantitative estimate of drug-likeness (QED) is 0.683. The maximum absolute atomic E-state index is 10.3. The first kappa shape index (κ1) is 8.93. The number of nitrogens with one attached hydrogen (secondary N) is 1. The van der Waals surface area contributed by atoms with Crippen molar-refractivity contribution in [3.63, 3.8) is 0 Å². The van der Waals surface area contributed by atoms with E-state index in [0.29, 0.717) is 0 Å². The van der Waals surface area contributed by atoms with E-state index in [-0.39, 0.29) is 0 Å². The lowest BCUT2D eigenvalue weighted by Gasteiger charge is -2.00. The summed E-state index contributed by atoms with van der Waals surface area (Å²) in [6.07, 6.45) is 0. The zero-order valence-electron chi connectivity index (χ0n) is 6.70. The van der Waals surface area contributed by atoms with Crippen molar-refractivity contribution >= 4 is 18.0 Å². The van der Waals surface area contributed by atoms with E-state index in [4.69, 9.17) is 5.73 Å². The van der Waals surface area contributed by atoms with Crippen LogP contribution in [0.5, 0.6) is 0 Å².